The van der Waals surface area contributed by atoms with Crippen molar-refractivity contribution < 1.29 is 5.11 Å². The molecule has 2 heterocycles. The van der Waals surface area contributed by atoms with Gasteiger partial charge in [0, 0.05) is 35.4 Å². The maximum Gasteiger partial charge on any atom is 0.0682 e. The largest absolute Gasteiger partial charge is 0.392 e. The Hall–Kier alpha value is -2.01. The van der Waals surface area contributed by atoms with Crippen LogP contribution in [-0.2, 0) is 13.0 Å². The van der Waals surface area contributed by atoms with E-state index in [9.17, 15) is 5.11 Å². The van der Waals surface area contributed by atoms with Gasteiger partial charge in [-0.05, 0) is 54.1 Å². The molecule has 0 saturated heterocycles. The van der Waals surface area contributed by atoms with Crippen LogP contribution in [0.3, 0.4) is 0 Å². The van der Waals surface area contributed by atoms with Crippen molar-refractivity contribution in [3.63, 3.8) is 0 Å². The number of thiol groups is 1. The van der Waals surface area contributed by atoms with E-state index in [0.29, 0.717) is 5.25 Å². The molecule has 3 aromatic rings. The van der Waals surface area contributed by atoms with Gasteiger partial charge in [0.1, 0.15) is 0 Å². The SMILES string of the molecule is OCc1ccc2c(CC(S)CCN3CC=C(c4ccccc4)CC3)c[nH]c2c1. The summed E-state index contributed by atoms with van der Waals surface area (Å²) in [7, 11) is 0. The first kappa shape index (κ1) is 19.3. The van der Waals surface area contributed by atoms with Crippen LogP contribution in [0.2, 0.25) is 0 Å². The zero-order chi connectivity index (χ0) is 19.3. The number of nitrogens with one attached hydrogen (secondary N) is 1. The third-order valence-corrected chi connectivity index (χ3v) is 6.13. The minimum Gasteiger partial charge on any atom is -0.392 e. The third-order valence-electron chi connectivity index (χ3n) is 5.69. The van der Waals surface area contributed by atoms with Gasteiger partial charge in [-0.2, -0.15) is 12.6 Å². The molecule has 1 aromatic heterocycles. The molecule has 1 atom stereocenters. The topological polar surface area (TPSA) is 39.3 Å². The number of hydrogen-bond acceptors (Lipinski definition) is 3. The summed E-state index contributed by atoms with van der Waals surface area (Å²) in [6.07, 6.45) is 7.63. The Bertz CT molecular complexity index is 948. The number of fused-ring (bicyclic) bond motifs is 1. The summed E-state index contributed by atoms with van der Waals surface area (Å²) >= 11 is 4.86. The van der Waals surface area contributed by atoms with Gasteiger partial charge in [-0.3, -0.25) is 4.90 Å². The average molecular weight is 393 g/mol. The Morgan fingerprint density at radius 1 is 1.14 bits per heavy atom. The molecule has 4 rings (SSSR count). The van der Waals surface area contributed by atoms with E-state index in [2.05, 4.69) is 58.6 Å². The van der Waals surface area contributed by atoms with Crippen LogP contribution >= 0.6 is 12.6 Å². The van der Waals surface area contributed by atoms with Gasteiger partial charge in [-0.15, -0.1) is 0 Å². The third kappa shape index (κ3) is 4.52. The monoisotopic (exact) mass is 392 g/mol. The fourth-order valence-corrected chi connectivity index (χ4v) is 4.33. The summed E-state index contributed by atoms with van der Waals surface area (Å²) in [6, 6.07) is 16.8. The Morgan fingerprint density at radius 2 is 2.00 bits per heavy atom. The summed E-state index contributed by atoms with van der Waals surface area (Å²) in [5.41, 5.74) is 6.18. The van der Waals surface area contributed by atoms with Crippen LogP contribution in [0.1, 0.15) is 29.5 Å². The van der Waals surface area contributed by atoms with Gasteiger partial charge in [0.15, 0.2) is 0 Å². The standard InChI is InChI=1S/C24H28N2OS/c27-17-18-6-7-23-21(16-25-24(23)14-18)15-22(28)10-13-26-11-8-20(9-12-26)19-4-2-1-3-5-19/h1-8,14,16,22,25,27-28H,9-13,15,17H2. The van der Waals surface area contributed by atoms with Crippen LogP contribution in [-0.4, -0.2) is 39.9 Å². The highest BCUT2D eigenvalue weighted by molar-refractivity contribution is 7.80. The van der Waals surface area contributed by atoms with Gasteiger partial charge >= 0.3 is 0 Å². The smallest absolute Gasteiger partial charge is 0.0682 e. The fraction of sp³-hybridized carbons (Fsp3) is 0.333. The van der Waals surface area contributed by atoms with E-state index < -0.39 is 0 Å². The van der Waals surface area contributed by atoms with Crippen molar-refractivity contribution >= 4 is 29.1 Å². The molecule has 1 unspecified atom stereocenters. The molecule has 0 aliphatic carbocycles. The Labute approximate surface area is 172 Å². The molecule has 3 nitrogen and oxygen atoms in total. The van der Waals surface area contributed by atoms with E-state index in [4.69, 9.17) is 12.6 Å². The molecule has 0 spiro atoms. The van der Waals surface area contributed by atoms with Crippen LogP contribution in [0.15, 0.2) is 60.8 Å². The maximum absolute atomic E-state index is 9.29. The minimum atomic E-state index is 0.0791. The highest BCUT2D eigenvalue weighted by atomic mass is 32.1. The molecule has 0 saturated carbocycles. The molecule has 2 N–H and O–H groups in total. The second-order valence-electron chi connectivity index (χ2n) is 7.64. The summed E-state index contributed by atoms with van der Waals surface area (Å²) in [5, 5.41) is 10.9. The van der Waals surface area contributed by atoms with Crippen molar-refractivity contribution in [2.75, 3.05) is 19.6 Å². The molecular weight excluding hydrogens is 364 g/mol. The number of aliphatic hydroxyl groups excluding tert-OH is 1. The lowest BCUT2D eigenvalue weighted by Gasteiger charge is -2.27. The van der Waals surface area contributed by atoms with Gasteiger partial charge in [0.2, 0.25) is 0 Å². The van der Waals surface area contributed by atoms with Crippen molar-refractivity contribution in [3.8, 4) is 0 Å². The first-order chi connectivity index (χ1) is 13.7. The minimum absolute atomic E-state index is 0.0791. The van der Waals surface area contributed by atoms with Crippen LogP contribution in [0.5, 0.6) is 0 Å². The first-order valence-electron chi connectivity index (χ1n) is 10.1. The zero-order valence-electron chi connectivity index (χ0n) is 16.1. The molecule has 0 radical (unpaired) electrons. The zero-order valence-corrected chi connectivity index (χ0v) is 17.0. The second kappa shape index (κ2) is 8.99. The molecule has 0 bridgehead atoms. The number of H-pyrrole nitrogens is 1. The number of hydrogen-bond donors (Lipinski definition) is 3. The predicted molar refractivity (Wildman–Crippen MR) is 121 cm³/mol. The van der Waals surface area contributed by atoms with Gasteiger partial charge in [0.05, 0.1) is 6.61 Å². The van der Waals surface area contributed by atoms with Gasteiger partial charge in [-0.25, -0.2) is 0 Å². The Balaban J connectivity index is 1.29. The lowest BCUT2D eigenvalue weighted by atomic mass is 9.99. The van der Waals surface area contributed by atoms with E-state index in [1.165, 1.54) is 22.1 Å². The van der Waals surface area contributed by atoms with E-state index in [1.807, 2.05) is 12.1 Å². The highest BCUT2D eigenvalue weighted by Gasteiger charge is 2.15. The van der Waals surface area contributed by atoms with E-state index >= 15 is 0 Å². The molecule has 1 aliphatic rings. The summed E-state index contributed by atoms with van der Waals surface area (Å²) < 4.78 is 0. The molecule has 28 heavy (non-hydrogen) atoms. The summed E-state index contributed by atoms with van der Waals surface area (Å²) in [6.45, 7) is 3.32. The number of rotatable bonds is 7. The van der Waals surface area contributed by atoms with Gasteiger partial charge in [-0.1, -0.05) is 48.5 Å². The fourth-order valence-electron chi connectivity index (χ4n) is 4.02. The van der Waals surface area contributed by atoms with Crippen molar-refractivity contribution in [2.45, 2.75) is 31.1 Å². The number of aromatic amines is 1. The van der Waals surface area contributed by atoms with Gasteiger partial charge in [0.25, 0.3) is 0 Å². The van der Waals surface area contributed by atoms with Crippen LogP contribution in [0, 0.1) is 0 Å². The van der Waals surface area contributed by atoms with Gasteiger partial charge < -0.3 is 10.1 Å². The van der Waals surface area contributed by atoms with Crippen LogP contribution in [0.25, 0.3) is 16.5 Å². The molecule has 146 valence electrons. The van der Waals surface area contributed by atoms with Crippen molar-refractivity contribution in [3.05, 3.63) is 77.5 Å². The van der Waals surface area contributed by atoms with Crippen LogP contribution in [0.4, 0.5) is 0 Å². The Kier molecular flexibility index (Phi) is 6.20. The Morgan fingerprint density at radius 3 is 2.75 bits per heavy atom. The average Bonchev–Trinajstić information content (AvgIpc) is 3.15. The number of aromatic nitrogens is 1. The van der Waals surface area contributed by atoms with Crippen molar-refractivity contribution in [2.24, 2.45) is 0 Å². The lowest BCUT2D eigenvalue weighted by Crippen LogP contribution is -2.31. The second-order valence-corrected chi connectivity index (χ2v) is 8.37. The number of aliphatic hydroxyl groups is 1. The molecule has 0 amide bonds. The predicted octanol–water partition coefficient (Wildman–Crippen LogP) is 4.68. The highest BCUT2D eigenvalue weighted by Crippen LogP contribution is 2.25. The summed E-state index contributed by atoms with van der Waals surface area (Å²) in [4.78, 5) is 5.86. The lowest BCUT2D eigenvalue weighted by molar-refractivity contribution is 0.282. The normalized spacial score (nSPS) is 16.3. The van der Waals surface area contributed by atoms with E-state index in [1.54, 1.807) is 0 Å². The molecule has 2 aromatic carbocycles. The molecule has 4 heteroatoms. The molecule has 0 fully saturated rings. The van der Waals surface area contributed by atoms with E-state index in [0.717, 1.165) is 50.0 Å². The number of benzene rings is 2. The summed E-state index contributed by atoms with van der Waals surface area (Å²) in [5.74, 6) is 0. The van der Waals surface area contributed by atoms with E-state index in [-0.39, 0.29) is 6.61 Å². The van der Waals surface area contributed by atoms with Crippen LogP contribution < -0.4 is 0 Å². The molecule has 1 aliphatic heterocycles. The first-order valence-corrected chi connectivity index (χ1v) is 10.6. The quantitative estimate of drug-likeness (QED) is 0.511. The maximum atomic E-state index is 9.29. The molecular formula is C24H28N2OS. The van der Waals surface area contributed by atoms with Crippen molar-refractivity contribution in [1.29, 1.82) is 0 Å². The number of nitrogens with zero attached hydrogens (tertiary/aromatic N) is 1. The van der Waals surface area contributed by atoms with Crippen molar-refractivity contribution in [1.82, 2.24) is 9.88 Å².